The molecule has 0 heterocycles. The molecule has 0 aromatic rings. The van der Waals surface area contributed by atoms with E-state index in [1.54, 1.807) is 12.2 Å². The highest BCUT2D eigenvalue weighted by Crippen LogP contribution is 2.47. The normalized spacial score (nSPS) is 22.5. The van der Waals surface area contributed by atoms with Gasteiger partial charge in [0.25, 0.3) is 0 Å². The maximum atomic E-state index is 12.8. The first-order chi connectivity index (χ1) is 28.8. The molecule has 6 N–H and O–H groups in total. The lowest BCUT2D eigenvalue weighted by Crippen LogP contribution is -2.64. The fourth-order valence-electron chi connectivity index (χ4n) is 6.41. The largest absolute Gasteiger partial charge is 0.472 e. The van der Waals surface area contributed by atoms with Crippen LogP contribution < -0.4 is 0 Å². The predicted molar refractivity (Wildman–Crippen MR) is 231 cm³/mol. The summed E-state index contributed by atoms with van der Waals surface area (Å²) in [5, 5.41) is 50.1. The third kappa shape index (κ3) is 27.4. The average molecular weight is 873 g/mol. The van der Waals surface area contributed by atoms with Gasteiger partial charge in [0.05, 0.1) is 6.61 Å². The van der Waals surface area contributed by atoms with Gasteiger partial charge in [0.1, 0.15) is 43.2 Å². The van der Waals surface area contributed by atoms with Crippen molar-refractivity contribution in [3.8, 4) is 0 Å². The van der Waals surface area contributed by atoms with Gasteiger partial charge in [-0.05, 0) is 70.3 Å². The van der Waals surface area contributed by atoms with Gasteiger partial charge in [-0.2, -0.15) is 0 Å². The van der Waals surface area contributed by atoms with Crippen LogP contribution in [0.15, 0.2) is 48.6 Å². The number of ketones is 1. The molecule has 0 saturated heterocycles. The minimum Gasteiger partial charge on any atom is -0.462 e. The summed E-state index contributed by atoms with van der Waals surface area (Å²) in [6.45, 7) is 3.09. The fourth-order valence-corrected chi connectivity index (χ4v) is 7.39. The smallest absolute Gasteiger partial charge is 0.462 e. The number of phosphoric acid groups is 1. The number of esters is 2. The highest BCUT2D eigenvalue weighted by Gasteiger charge is 2.51. The molecule has 346 valence electrons. The molecule has 0 aromatic heterocycles. The van der Waals surface area contributed by atoms with Crippen LogP contribution >= 0.6 is 7.82 Å². The summed E-state index contributed by atoms with van der Waals surface area (Å²) in [4.78, 5) is 47.7. The molecule has 8 atom stereocenters. The average Bonchev–Trinajstić information content (AvgIpc) is 3.22. The van der Waals surface area contributed by atoms with Gasteiger partial charge in [-0.25, -0.2) is 4.57 Å². The second-order valence-corrected chi connectivity index (χ2v) is 17.0. The van der Waals surface area contributed by atoms with Gasteiger partial charge in [-0.1, -0.05) is 121 Å². The molecule has 14 nitrogen and oxygen atoms in total. The number of allylic oxidation sites excluding steroid dienone is 8. The number of carbonyl (C=O) groups excluding carboxylic acids is 3. The molecule has 0 radical (unpaired) electrons. The molecule has 0 aromatic carbocycles. The lowest BCUT2D eigenvalue weighted by atomic mass is 9.85. The molecule has 0 amide bonds. The Kier molecular flexibility index (Phi) is 32.4. The van der Waals surface area contributed by atoms with Crippen LogP contribution in [-0.2, 0) is 37.5 Å². The van der Waals surface area contributed by atoms with E-state index in [4.69, 9.17) is 18.5 Å². The van der Waals surface area contributed by atoms with Crippen LogP contribution in [0.5, 0.6) is 0 Å². The summed E-state index contributed by atoms with van der Waals surface area (Å²) in [6, 6.07) is 0. The van der Waals surface area contributed by atoms with Crippen molar-refractivity contribution in [3.63, 3.8) is 0 Å². The van der Waals surface area contributed by atoms with Crippen LogP contribution in [0, 0.1) is 0 Å². The topological polar surface area (TPSA) is 227 Å². The van der Waals surface area contributed by atoms with Crippen molar-refractivity contribution >= 4 is 25.5 Å². The van der Waals surface area contributed by atoms with Crippen molar-refractivity contribution in [1.29, 1.82) is 0 Å². The summed E-state index contributed by atoms with van der Waals surface area (Å²) >= 11 is 0. The summed E-state index contributed by atoms with van der Waals surface area (Å²) in [6.07, 6.45) is 22.7. The maximum absolute atomic E-state index is 12.8. The van der Waals surface area contributed by atoms with Crippen molar-refractivity contribution in [2.45, 2.75) is 204 Å². The summed E-state index contributed by atoms with van der Waals surface area (Å²) in [5.41, 5.74) is 0. The number of rotatable bonds is 36. The van der Waals surface area contributed by atoms with Gasteiger partial charge in [0.15, 0.2) is 11.9 Å². The number of unbranched alkanes of at least 4 members (excludes halogenated alkanes) is 15. The molecule has 1 fully saturated rings. The van der Waals surface area contributed by atoms with Crippen molar-refractivity contribution in [3.05, 3.63) is 48.6 Å². The van der Waals surface area contributed by atoms with Crippen LogP contribution in [0.2, 0.25) is 0 Å². The van der Waals surface area contributed by atoms with Crippen LogP contribution in [0.3, 0.4) is 0 Å². The van der Waals surface area contributed by atoms with E-state index in [0.29, 0.717) is 19.3 Å². The third-order valence-electron chi connectivity index (χ3n) is 10.1. The molecule has 3 unspecified atom stereocenters. The molecular formula is C45H77O14P. The van der Waals surface area contributed by atoms with Crippen LogP contribution in [0.25, 0.3) is 0 Å². The Bertz CT molecular complexity index is 1300. The molecule has 1 aliphatic carbocycles. The van der Waals surface area contributed by atoms with Gasteiger partial charge in [-0.15, -0.1) is 0 Å². The summed E-state index contributed by atoms with van der Waals surface area (Å²) in [5.74, 6) is -1.13. The molecule has 0 aliphatic heterocycles. The van der Waals surface area contributed by atoms with E-state index in [2.05, 4.69) is 44.2 Å². The van der Waals surface area contributed by atoms with Crippen LogP contribution in [-0.4, -0.2) is 104 Å². The van der Waals surface area contributed by atoms with E-state index in [9.17, 15) is 49.4 Å². The number of ether oxygens (including phenoxy) is 2. The Morgan fingerprint density at radius 3 is 1.63 bits per heavy atom. The van der Waals surface area contributed by atoms with Gasteiger partial charge in [0, 0.05) is 19.3 Å². The summed E-state index contributed by atoms with van der Waals surface area (Å²) < 4.78 is 33.4. The minimum atomic E-state index is -5.15. The summed E-state index contributed by atoms with van der Waals surface area (Å²) in [7, 11) is -5.15. The predicted octanol–water partition coefficient (Wildman–Crippen LogP) is 7.57. The zero-order valence-electron chi connectivity index (χ0n) is 36.2. The molecule has 1 saturated carbocycles. The zero-order chi connectivity index (χ0) is 44.4. The molecule has 0 spiro atoms. The van der Waals surface area contributed by atoms with E-state index < -0.39 is 75.7 Å². The number of aliphatic hydroxyl groups excluding tert-OH is 5. The molecule has 1 rings (SSSR count). The lowest BCUT2D eigenvalue weighted by Gasteiger charge is -2.41. The first-order valence-electron chi connectivity index (χ1n) is 22.4. The maximum Gasteiger partial charge on any atom is 0.472 e. The molecule has 1 aliphatic rings. The van der Waals surface area contributed by atoms with Gasteiger partial charge in [-0.3, -0.25) is 23.4 Å². The van der Waals surface area contributed by atoms with E-state index in [1.165, 1.54) is 32.1 Å². The molecule has 15 heteroatoms. The number of carbonyl (C=O) groups is 3. The van der Waals surface area contributed by atoms with Crippen molar-refractivity contribution < 1.29 is 67.9 Å². The third-order valence-corrected chi connectivity index (χ3v) is 11.1. The monoisotopic (exact) mass is 873 g/mol. The fraction of sp³-hybridized carbons (Fsp3) is 0.756. The minimum absolute atomic E-state index is 0.0544. The Morgan fingerprint density at radius 1 is 0.567 bits per heavy atom. The highest BCUT2D eigenvalue weighted by molar-refractivity contribution is 7.47. The lowest BCUT2D eigenvalue weighted by molar-refractivity contribution is -0.220. The van der Waals surface area contributed by atoms with Crippen LogP contribution in [0.1, 0.15) is 162 Å². The Balaban J connectivity index is 2.53. The van der Waals surface area contributed by atoms with Crippen LogP contribution in [0.4, 0.5) is 0 Å². The van der Waals surface area contributed by atoms with Gasteiger partial charge in [0.2, 0.25) is 0 Å². The second-order valence-electron chi connectivity index (χ2n) is 15.6. The van der Waals surface area contributed by atoms with E-state index in [-0.39, 0.29) is 18.6 Å². The van der Waals surface area contributed by atoms with Crippen molar-refractivity contribution in [2.75, 3.05) is 13.2 Å². The second kappa shape index (κ2) is 35.0. The Labute approximate surface area is 358 Å². The SMILES string of the molecule is CCCCC/C=C\C=C\C(=O)CCCCCCCC(=O)OC[C@H](COP(=O)(O)OC1[C@H](O)[C@H](O)C(O)[C@H](O)[C@H]1O)OC(=O)CCCCCCC/C=C\C/C=C\CCCCC. The van der Waals surface area contributed by atoms with Gasteiger partial charge < -0.3 is 39.9 Å². The Hall–Kier alpha value is -2.52. The van der Waals surface area contributed by atoms with Crippen molar-refractivity contribution in [1.82, 2.24) is 0 Å². The number of hydrogen-bond acceptors (Lipinski definition) is 13. The van der Waals surface area contributed by atoms with E-state index >= 15 is 0 Å². The highest BCUT2D eigenvalue weighted by atomic mass is 31.2. The molecule has 60 heavy (non-hydrogen) atoms. The first kappa shape index (κ1) is 55.5. The standard InChI is InChI=1S/C45H77O14P/c1-3-5-7-9-11-12-13-14-15-16-17-18-20-24-29-33-39(48)58-37(35-57-60(54,55)59-45-43(52)41(50)40(49)42(51)44(45)53)34-56-38(47)32-28-25-21-23-27-31-36(46)30-26-22-19-10-8-6-4-2/h11-12,14-15,19,22,26,30,37,40-45,49-53H,3-10,13,16-18,20-21,23-25,27-29,31-35H2,1-2H3,(H,54,55)/b12-11-,15-14-,22-19-,30-26+/t37-,40?,41-,42+,43-,44-,45?/m1/s1. The van der Waals surface area contributed by atoms with E-state index in [0.717, 1.165) is 83.5 Å². The number of hydrogen-bond donors (Lipinski definition) is 6. The van der Waals surface area contributed by atoms with Crippen molar-refractivity contribution in [2.24, 2.45) is 0 Å². The molecular weight excluding hydrogens is 795 g/mol. The zero-order valence-corrected chi connectivity index (χ0v) is 37.1. The Morgan fingerprint density at radius 2 is 1.05 bits per heavy atom. The van der Waals surface area contributed by atoms with E-state index in [1.807, 2.05) is 6.08 Å². The number of phosphoric ester groups is 1. The first-order valence-corrected chi connectivity index (χ1v) is 23.9. The molecule has 0 bridgehead atoms. The van der Waals surface area contributed by atoms with Gasteiger partial charge >= 0.3 is 19.8 Å². The number of aliphatic hydroxyl groups is 5. The quantitative estimate of drug-likeness (QED) is 0.00892.